The molecule has 0 radical (unpaired) electrons. The number of benzene rings is 1. The lowest BCUT2D eigenvalue weighted by molar-refractivity contribution is 0.319. The molecule has 1 rings (SSSR count). The lowest BCUT2D eigenvalue weighted by Crippen LogP contribution is -2.27. The maximum atomic E-state index is 13.5. The molecule has 1 aromatic carbocycles. The number of halogens is 1. The Labute approximate surface area is 85.1 Å². The Balaban J connectivity index is 3.12. The van der Waals surface area contributed by atoms with Crippen molar-refractivity contribution in [2.24, 2.45) is 11.1 Å². The lowest BCUT2D eigenvalue weighted by atomic mass is 9.82. The van der Waals surface area contributed by atoms with Gasteiger partial charge in [0, 0.05) is 11.6 Å². The third-order valence-electron chi connectivity index (χ3n) is 2.42. The smallest absolute Gasteiger partial charge is 0.128 e. The maximum absolute atomic E-state index is 13.5. The van der Waals surface area contributed by atoms with E-state index in [1.54, 1.807) is 6.07 Å². The van der Waals surface area contributed by atoms with Gasteiger partial charge in [-0.1, -0.05) is 38.5 Å². The molecule has 1 atom stereocenters. The van der Waals surface area contributed by atoms with Gasteiger partial charge in [-0.15, -0.1) is 0 Å². The van der Waals surface area contributed by atoms with Crippen LogP contribution in [0.5, 0.6) is 0 Å². The Morgan fingerprint density at radius 1 is 1.29 bits per heavy atom. The van der Waals surface area contributed by atoms with Gasteiger partial charge in [0.05, 0.1) is 0 Å². The van der Waals surface area contributed by atoms with Crippen molar-refractivity contribution in [3.05, 3.63) is 35.1 Å². The second kappa shape index (κ2) is 3.70. The van der Waals surface area contributed by atoms with Crippen molar-refractivity contribution in [1.82, 2.24) is 0 Å². The van der Waals surface area contributed by atoms with Crippen LogP contribution in [0.4, 0.5) is 4.39 Å². The van der Waals surface area contributed by atoms with Crippen molar-refractivity contribution in [1.29, 1.82) is 0 Å². The van der Waals surface area contributed by atoms with Crippen LogP contribution in [-0.4, -0.2) is 0 Å². The van der Waals surface area contributed by atoms with Crippen molar-refractivity contribution in [3.63, 3.8) is 0 Å². The first kappa shape index (κ1) is 11.2. The van der Waals surface area contributed by atoms with Crippen molar-refractivity contribution < 1.29 is 4.39 Å². The van der Waals surface area contributed by atoms with Crippen molar-refractivity contribution >= 4 is 0 Å². The normalized spacial score (nSPS) is 14.1. The fourth-order valence-corrected chi connectivity index (χ4v) is 1.37. The zero-order valence-electron chi connectivity index (χ0n) is 9.26. The Morgan fingerprint density at radius 3 is 2.36 bits per heavy atom. The monoisotopic (exact) mass is 195 g/mol. The first-order valence-corrected chi connectivity index (χ1v) is 4.84. The van der Waals surface area contributed by atoms with E-state index in [1.807, 2.05) is 33.8 Å². The van der Waals surface area contributed by atoms with Crippen LogP contribution in [0.1, 0.15) is 37.9 Å². The van der Waals surface area contributed by atoms with Gasteiger partial charge in [-0.05, 0) is 18.4 Å². The lowest BCUT2D eigenvalue weighted by Gasteiger charge is -2.27. The van der Waals surface area contributed by atoms with Crippen LogP contribution in [0.2, 0.25) is 0 Å². The quantitative estimate of drug-likeness (QED) is 0.731. The molecule has 0 aliphatic carbocycles. The third-order valence-corrected chi connectivity index (χ3v) is 2.42. The summed E-state index contributed by atoms with van der Waals surface area (Å²) in [4.78, 5) is 0. The van der Waals surface area contributed by atoms with E-state index in [9.17, 15) is 4.39 Å². The molecule has 1 nitrogen and oxygen atoms in total. The number of nitrogens with two attached hydrogens (primary N) is 1. The minimum absolute atomic E-state index is 0.116. The van der Waals surface area contributed by atoms with Gasteiger partial charge in [0.25, 0.3) is 0 Å². The van der Waals surface area contributed by atoms with E-state index < -0.39 is 0 Å². The van der Waals surface area contributed by atoms with E-state index in [0.717, 1.165) is 5.56 Å². The van der Waals surface area contributed by atoms with Gasteiger partial charge in [0.1, 0.15) is 5.82 Å². The number of hydrogen-bond acceptors (Lipinski definition) is 1. The second-order valence-corrected chi connectivity index (χ2v) is 4.87. The third kappa shape index (κ3) is 2.32. The predicted octanol–water partition coefficient (Wildman–Crippen LogP) is 3.18. The van der Waals surface area contributed by atoms with E-state index in [1.165, 1.54) is 6.07 Å². The Bertz CT molecular complexity index is 326. The molecule has 0 aromatic heterocycles. The van der Waals surface area contributed by atoms with E-state index >= 15 is 0 Å². The molecule has 14 heavy (non-hydrogen) atoms. The van der Waals surface area contributed by atoms with E-state index in [2.05, 4.69) is 0 Å². The Morgan fingerprint density at radius 2 is 1.86 bits per heavy atom. The van der Waals surface area contributed by atoms with Crippen molar-refractivity contribution in [2.75, 3.05) is 0 Å². The van der Waals surface area contributed by atoms with E-state index in [0.29, 0.717) is 5.56 Å². The Kier molecular flexibility index (Phi) is 2.95. The molecule has 0 aliphatic rings. The largest absolute Gasteiger partial charge is 0.323 e. The topological polar surface area (TPSA) is 26.0 Å². The van der Waals surface area contributed by atoms with Crippen LogP contribution in [0, 0.1) is 18.2 Å². The van der Waals surface area contributed by atoms with Crippen LogP contribution >= 0.6 is 0 Å². The van der Waals surface area contributed by atoms with Gasteiger partial charge >= 0.3 is 0 Å². The maximum Gasteiger partial charge on any atom is 0.128 e. The van der Waals surface area contributed by atoms with E-state index in [4.69, 9.17) is 5.73 Å². The molecule has 1 unspecified atom stereocenters. The van der Waals surface area contributed by atoms with Gasteiger partial charge < -0.3 is 5.73 Å². The predicted molar refractivity (Wildman–Crippen MR) is 57.5 cm³/mol. The molecule has 0 spiro atoms. The molecule has 0 saturated carbocycles. The van der Waals surface area contributed by atoms with Crippen molar-refractivity contribution in [3.8, 4) is 0 Å². The summed E-state index contributed by atoms with van der Waals surface area (Å²) in [5.41, 5.74) is 7.54. The highest BCUT2D eigenvalue weighted by Gasteiger charge is 2.24. The molecule has 0 fully saturated rings. The summed E-state index contributed by atoms with van der Waals surface area (Å²) in [6.07, 6.45) is 0. The summed E-state index contributed by atoms with van der Waals surface area (Å²) in [7, 11) is 0. The fraction of sp³-hybridized carbons (Fsp3) is 0.500. The summed E-state index contributed by atoms with van der Waals surface area (Å²) in [6.45, 7) is 7.98. The first-order chi connectivity index (χ1) is 6.32. The molecule has 0 aliphatic heterocycles. The zero-order chi connectivity index (χ0) is 10.9. The summed E-state index contributed by atoms with van der Waals surface area (Å²) < 4.78 is 13.5. The highest BCUT2D eigenvalue weighted by atomic mass is 19.1. The molecule has 78 valence electrons. The average molecular weight is 195 g/mol. The van der Waals surface area contributed by atoms with Gasteiger partial charge in [-0.3, -0.25) is 0 Å². The Hall–Kier alpha value is -0.890. The van der Waals surface area contributed by atoms with Crippen LogP contribution in [0.25, 0.3) is 0 Å². The molecule has 0 heterocycles. The van der Waals surface area contributed by atoms with Gasteiger partial charge in [0.15, 0.2) is 0 Å². The van der Waals surface area contributed by atoms with Crippen LogP contribution in [-0.2, 0) is 0 Å². The van der Waals surface area contributed by atoms with Gasteiger partial charge in [-0.25, -0.2) is 4.39 Å². The summed E-state index contributed by atoms with van der Waals surface area (Å²) >= 11 is 0. The summed E-state index contributed by atoms with van der Waals surface area (Å²) in [6, 6.07) is 4.80. The zero-order valence-corrected chi connectivity index (χ0v) is 9.26. The molecule has 2 N–H and O–H groups in total. The number of rotatable bonds is 1. The van der Waals surface area contributed by atoms with Crippen LogP contribution in [0.3, 0.4) is 0 Å². The van der Waals surface area contributed by atoms with Crippen LogP contribution in [0.15, 0.2) is 18.2 Å². The fourth-order valence-electron chi connectivity index (χ4n) is 1.37. The number of aryl methyl sites for hydroxylation is 1. The van der Waals surface area contributed by atoms with Crippen molar-refractivity contribution in [2.45, 2.75) is 33.7 Å². The minimum atomic E-state index is -0.262. The van der Waals surface area contributed by atoms with Gasteiger partial charge in [0.2, 0.25) is 0 Å². The standard InChI is InChI=1S/C12H18FN/c1-8-5-6-10(13)9(7-8)11(14)12(2,3)4/h5-7,11H,14H2,1-4H3. The summed E-state index contributed by atoms with van der Waals surface area (Å²) in [5, 5.41) is 0. The van der Waals surface area contributed by atoms with E-state index in [-0.39, 0.29) is 17.3 Å². The molecule has 0 amide bonds. The second-order valence-electron chi connectivity index (χ2n) is 4.87. The number of hydrogen-bond donors (Lipinski definition) is 1. The minimum Gasteiger partial charge on any atom is -0.323 e. The molecule has 0 bridgehead atoms. The highest BCUT2D eigenvalue weighted by molar-refractivity contribution is 5.27. The molecule has 0 saturated heterocycles. The molecular weight excluding hydrogens is 177 g/mol. The highest BCUT2D eigenvalue weighted by Crippen LogP contribution is 2.32. The average Bonchev–Trinajstić information content (AvgIpc) is 2.06. The summed E-state index contributed by atoms with van der Waals surface area (Å²) in [5.74, 6) is -0.210. The molecular formula is C12H18FN. The van der Waals surface area contributed by atoms with Crippen LogP contribution < -0.4 is 5.73 Å². The first-order valence-electron chi connectivity index (χ1n) is 4.84. The molecule has 1 aromatic rings. The molecule has 2 heteroatoms. The van der Waals surface area contributed by atoms with Gasteiger partial charge in [-0.2, -0.15) is 0 Å². The SMILES string of the molecule is Cc1ccc(F)c(C(N)C(C)(C)C)c1.